The van der Waals surface area contributed by atoms with Crippen LogP contribution in [0.5, 0.6) is 0 Å². The van der Waals surface area contributed by atoms with Crippen molar-refractivity contribution < 1.29 is 14.7 Å². The molecular formula is C14H16N2O3. The van der Waals surface area contributed by atoms with E-state index in [-0.39, 0.29) is 12.0 Å². The van der Waals surface area contributed by atoms with E-state index in [9.17, 15) is 14.7 Å². The fourth-order valence-electron chi connectivity index (χ4n) is 2.70. The van der Waals surface area contributed by atoms with Crippen LogP contribution in [0, 0.1) is 5.92 Å². The number of nitrogens with one attached hydrogen (secondary N) is 1. The van der Waals surface area contributed by atoms with E-state index in [4.69, 9.17) is 0 Å². The number of nitrogens with zero attached hydrogens (tertiary/aromatic N) is 1. The van der Waals surface area contributed by atoms with E-state index in [1.807, 2.05) is 19.1 Å². The van der Waals surface area contributed by atoms with Crippen LogP contribution in [0.2, 0.25) is 0 Å². The van der Waals surface area contributed by atoms with Crippen LogP contribution in [-0.4, -0.2) is 36.0 Å². The second-order valence-electron chi connectivity index (χ2n) is 5.29. The molecule has 2 aliphatic rings. The summed E-state index contributed by atoms with van der Waals surface area (Å²) in [7, 11) is 0. The lowest BCUT2D eigenvalue weighted by atomic mass is 9.96. The van der Waals surface area contributed by atoms with Crippen LogP contribution in [-0.2, 0) is 4.79 Å². The predicted octanol–water partition coefficient (Wildman–Crippen LogP) is 1.03. The van der Waals surface area contributed by atoms with Crippen molar-refractivity contribution in [3.63, 3.8) is 0 Å². The Balaban J connectivity index is 1.86. The summed E-state index contributed by atoms with van der Waals surface area (Å²) in [5.41, 5.74) is 2.01. The number of carbonyl (C=O) groups excluding carboxylic acids is 2. The van der Waals surface area contributed by atoms with E-state index < -0.39 is 11.7 Å². The van der Waals surface area contributed by atoms with Crippen LogP contribution >= 0.6 is 0 Å². The van der Waals surface area contributed by atoms with Gasteiger partial charge in [0.1, 0.15) is 0 Å². The molecule has 1 aromatic rings. The minimum atomic E-state index is -0.561. The molecule has 2 N–H and O–H groups in total. The lowest BCUT2D eigenvalue weighted by Crippen LogP contribution is -2.41. The highest BCUT2D eigenvalue weighted by atomic mass is 16.3. The Morgan fingerprint density at radius 1 is 1.37 bits per heavy atom. The molecule has 5 nitrogen and oxygen atoms in total. The molecule has 0 saturated carbocycles. The van der Waals surface area contributed by atoms with Gasteiger partial charge in [-0.2, -0.15) is 0 Å². The van der Waals surface area contributed by atoms with E-state index in [0.29, 0.717) is 11.3 Å². The topological polar surface area (TPSA) is 69.6 Å². The molecule has 0 radical (unpaired) electrons. The van der Waals surface area contributed by atoms with Crippen molar-refractivity contribution in [1.29, 1.82) is 0 Å². The Morgan fingerprint density at radius 2 is 2.16 bits per heavy atom. The number of benzene rings is 1. The van der Waals surface area contributed by atoms with Crippen molar-refractivity contribution >= 4 is 23.1 Å². The highest BCUT2D eigenvalue weighted by molar-refractivity contribution is 6.51. The van der Waals surface area contributed by atoms with Crippen molar-refractivity contribution in [1.82, 2.24) is 0 Å². The van der Waals surface area contributed by atoms with Gasteiger partial charge in [0, 0.05) is 18.8 Å². The maximum absolute atomic E-state index is 11.5. The number of amides is 1. The summed E-state index contributed by atoms with van der Waals surface area (Å²) in [6, 6.07) is 5.39. The third kappa shape index (κ3) is 2.00. The van der Waals surface area contributed by atoms with E-state index in [1.54, 1.807) is 6.07 Å². The van der Waals surface area contributed by atoms with Crippen molar-refractivity contribution in [2.45, 2.75) is 19.4 Å². The van der Waals surface area contributed by atoms with Crippen molar-refractivity contribution in [2.75, 3.05) is 23.3 Å². The van der Waals surface area contributed by atoms with Crippen molar-refractivity contribution in [3.05, 3.63) is 23.8 Å². The van der Waals surface area contributed by atoms with E-state index in [2.05, 4.69) is 10.2 Å². The first kappa shape index (κ1) is 12.2. The maximum Gasteiger partial charge on any atom is 0.296 e. The van der Waals surface area contributed by atoms with Gasteiger partial charge in [-0.1, -0.05) is 6.92 Å². The van der Waals surface area contributed by atoms with Gasteiger partial charge >= 0.3 is 0 Å². The minimum absolute atomic E-state index is 0.221. The van der Waals surface area contributed by atoms with Gasteiger partial charge in [-0.05, 0) is 30.5 Å². The highest BCUT2D eigenvalue weighted by Gasteiger charge is 2.29. The highest BCUT2D eigenvalue weighted by Crippen LogP contribution is 2.30. The zero-order valence-corrected chi connectivity index (χ0v) is 10.7. The number of piperidine rings is 1. The van der Waals surface area contributed by atoms with E-state index in [1.165, 1.54) is 0 Å². The largest absolute Gasteiger partial charge is 0.393 e. The van der Waals surface area contributed by atoms with Crippen molar-refractivity contribution in [2.24, 2.45) is 5.92 Å². The summed E-state index contributed by atoms with van der Waals surface area (Å²) in [5, 5.41) is 12.3. The zero-order valence-electron chi connectivity index (χ0n) is 10.7. The summed E-state index contributed by atoms with van der Waals surface area (Å²) in [6.45, 7) is 3.59. The molecular weight excluding hydrogens is 244 g/mol. The lowest BCUT2D eigenvalue weighted by molar-refractivity contribution is -0.112. The molecule has 2 aliphatic heterocycles. The van der Waals surface area contributed by atoms with Crippen LogP contribution in [0.3, 0.4) is 0 Å². The first-order valence-corrected chi connectivity index (χ1v) is 6.49. The summed E-state index contributed by atoms with van der Waals surface area (Å²) >= 11 is 0. The second-order valence-corrected chi connectivity index (χ2v) is 5.29. The van der Waals surface area contributed by atoms with Gasteiger partial charge in [0.15, 0.2) is 0 Å². The molecule has 2 unspecified atom stereocenters. The minimum Gasteiger partial charge on any atom is -0.393 e. The fraction of sp³-hybridized carbons (Fsp3) is 0.429. The molecule has 2 atom stereocenters. The molecule has 1 fully saturated rings. The molecule has 2 heterocycles. The summed E-state index contributed by atoms with van der Waals surface area (Å²) in [4.78, 5) is 25.0. The number of Topliss-reactive ketones (excluding diaryl/α,β-unsaturated/α-hetero) is 1. The average molecular weight is 260 g/mol. The monoisotopic (exact) mass is 260 g/mol. The average Bonchev–Trinajstić information content (AvgIpc) is 2.68. The SMILES string of the molecule is CC1CN(c2ccc3c(c2)NC(=O)C3=O)CCC1O. The number of hydrogen-bond acceptors (Lipinski definition) is 4. The molecule has 3 rings (SSSR count). The Hall–Kier alpha value is -1.88. The van der Waals surface area contributed by atoms with Gasteiger partial charge in [0.25, 0.3) is 11.7 Å². The fourth-order valence-corrected chi connectivity index (χ4v) is 2.70. The van der Waals surface area contributed by atoms with Crippen LogP contribution < -0.4 is 10.2 Å². The maximum atomic E-state index is 11.5. The quantitative estimate of drug-likeness (QED) is 0.740. The molecule has 100 valence electrons. The molecule has 1 aromatic carbocycles. The Morgan fingerprint density at radius 3 is 2.89 bits per heavy atom. The standard InChI is InChI=1S/C14H16N2O3/c1-8-7-16(5-4-12(8)17)9-2-3-10-11(6-9)15-14(19)13(10)18/h2-3,6,8,12,17H,4-5,7H2,1H3,(H,15,18,19). The Labute approximate surface area is 111 Å². The van der Waals surface area contributed by atoms with Gasteiger partial charge < -0.3 is 15.3 Å². The number of hydrogen-bond donors (Lipinski definition) is 2. The third-order valence-electron chi connectivity index (χ3n) is 3.93. The summed E-state index contributed by atoms with van der Waals surface area (Å²) < 4.78 is 0. The normalized spacial score (nSPS) is 26.3. The van der Waals surface area contributed by atoms with Gasteiger partial charge in [-0.3, -0.25) is 9.59 Å². The van der Waals surface area contributed by atoms with Crippen molar-refractivity contribution in [3.8, 4) is 0 Å². The van der Waals surface area contributed by atoms with Gasteiger partial charge in [-0.25, -0.2) is 0 Å². The Bertz CT molecular complexity index is 556. The smallest absolute Gasteiger partial charge is 0.296 e. The van der Waals surface area contributed by atoms with Gasteiger partial charge in [0.05, 0.1) is 17.4 Å². The number of anilines is 2. The third-order valence-corrected chi connectivity index (χ3v) is 3.93. The summed E-state index contributed by atoms with van der Waals surface area (Å²) in [5.74, 6) is -0.809. The van der Waals surface area contributed by atoms with Gasteiger partial charge in [-0.15, -0.1) is 0 Å². The molecule has 0 bridgehead atoms. The molecule has 1 amide bonds. The number of fused-ring (bicyclic) bond motifs is 1. The molecule has 19 heavy (non-hydrogen) atoms. The summed E-state index contributed by atoms with van der Waals surface area (Å²) in [6.07, 6.45) is 0.496. The molecule has 5 heteroatoms. The van der Waals surface area contributed by atoms with Crippen LogP contribution in [0.4, 0.5) is 11.4 Å². The van der Waals surface area contributed by atoms with E-state index >= 15 is 0 Å². The second kappa shape index (κ2) is 4.35. The number of rotatable bonds is 1. The van der Waals surface area contributed by atoms with Gasteiger partial charge in [0.2, 0.25) is 0 Å². The molecule has 1 saturated heterocycles. The number of carbonyl (C=O) groups is 2. The first-order chi connectivity index (χ1) is 9.06. The lowest BCUT2D eigenvalue weighted by Gasteiger charge is -2.36. The number of aliphatic hydroxyl groups excluding tert-OH is 1. The zero-order chi connectivity index (χ0) is 13.6. The molecule has 0 aliphatic carbocycles. The molecule has 0 aromatic heterocycles. The molecule has 0 spiro atoms. The predicted molar refractivity (Wildman–Crippen MR) is 71.4 cm³/mol. The Kier molecular flexibility index (Phi) is 2.78. The van der Waals surface area contributed by atoms with E-state index in [0.717, 1.165) is 25.2 Å². The number of aliphatic hydroxyl groups is 1. The number of ketones is 1. The van der Waals surface area contributed by atoms with Crippen LogP contribution in [0.1, 0.15) is 23.7 Å². The van der Waals surface area contributed by atoms with Crippen LogP contribution in [0.15, 0.2) is 18.2 Å². The van der Waals surface area contributed by atoms with Crippen LogP contribution in [0.25, 0.3) is 0 Å². The first-order valence-electron chi connectivity index (χ1n) is 6.49.